The molecule has 0 aliphatic rings. The molecule has 0 saturated heterocycles. The van der Waals surface area contributed by atoms with E-state index < -0.39 is 10.0 Å². The van der Waals surface area contributed by atoms with Crippen molar-refractivity contribution in [2.45, 2.75) is 4.90 Å². The van der Waals surface area contributed by atoms with Gasteiger partial charge in [-0.3, -0.25) is 0 Å². The molecule has 0 aromatic heterocycles. The zero-order valence-corrected chi connectivity index (χ0v) is 12.3. The Bertz CT molecular complexity index is 558. The number of nitrogens with two attached hydrogens (primary N) is 1. The van der Waals surface area contributed by atoms with Crippen LogP contribution in [-0.4, -0.2) is 40.8 Å². The van der Waals surface area contributed by atoms with Gasteiger partial charge in [-0.05, 0) is 18.2 Å². The molecule has 0 bridgehead atoms. The summed E-state index contributed by atoms with van der Waals surface area (Å²) in [7, 11) is -0.661. The summed E-state index contributed by atoms with van der Waals surface area (Å²) in [6.07, 6.45) is 0. The molecule has 3 N–H and O–H groups in total. The molecule has 0 fully saturated rings. The van der Waals surface area contributed by atoms with Crippen molar-refractivity contribution in [1.82, 2.24) is 4.72 Å². The van der Waals surface area contributed by atoms with Gasteiger partial charge in [-0.15, -0.1) is 0 Å². The highest BCUT2D eigenvalue weighted by Gasteiger charge is 2.16. The first-order valence-corrected chi connectivity index (χ1v) is 7.28. The van der Waals surface area contributed by atoms with Gasteiger partial charge in [0.15, 0.2) is 0 Å². The second kappa shape index (κ2) is 6.80. The fraction of sp³-hybridized carbons (Fsp3) is 0.364. The molecule has 0 saturated carbocycles. The zero-order chi connectivity index (χ0) is 14.5. The van der Waals surface area contributed by atoms with Crippen LogP contribution in [0.15, 0.2) is 23.1 Å². The second-order valence-corrected chi connectivity index (χ2v) is 5.82. The van der Waals surface area contributed by atoms with E-state index in [-0.39, 0.29) is 23.0 Å². The summed E-state index contributed by atoms with van der Waals surface area (Å²) in [5.41, 5.74) is 5.92. The number of rotatable bonds is 7. The van der Waals surface area contributed by atoms with Gasteiger partial charge >= 0.3 is 0 Å². The maximum Gasteiger partial charge on any atom is 0.240 e. The molecule has 0 spiro atoms. The molecule has 6 nitrogen and oxygen atoms in total. The van der Waals surface area contributed by atoms with Gasteiger partial charge in [0, 0.05) is 13.7 Å². The number of benzene rings is 1. The molecule has 8 heteroatoms. The number of thiocarbonyl (C=S) groups is 1. The van der Waals surface area contributed by atoms with Gasteiger partial charge in [-0.25, -0.2) is 13.1 Å². The molecule has 0 amide bonds. The molecule has 0 aliphatic carbocycles. The average molecular weight is 304 g/mol. The van der Waals surface area contributed by atoms with Crippen molar-refractivity contribution >= 4 is 27.2 Å². The molecule has 1 aromatic carbocycles. The van der Waals surface area contributed by atoms with Crippen LogP contribution in [-0.2, 0) is 14.8 Å². The quantitative estimate of drug-likeness (QED) is 0.554. The molecular formula is C11H16N2O4S2. The maximum absolute atomic E-state index is 12.0. The van der Waals surface area contributed by atoms with E-state index in [1.54, 1.807) is 0 Å². The van der Waals surface area contributed by atoms with E-state index in [2.05, 4.69) is 4.72 Å². The number of hydrogen-bond acceptors (Lipinski definition) is 5. The van der Waals surface area contributed by atoms with Crippen molar-refractivity contribution in [3.05, 3.63) is 23.8 Å². The van der Waals surface area contributed by atoms with E-state index in [9.17, 15) is 8.42 Å². The molecule has 0 radical (unpaired) electrons. The van der Waals surface area contributed by atoms with E-state index in [4.69, 9.17) is 27.4 Å². The van der Waals surface area contributed by atoms with Crippen LogP contribution in [0.2, 0.25) is 0 Å². The largest absolute Gasteiger partial charge is 0.496 e. The molecule has 19 heavy (non-hydrogen) atoms. The predicted molar refractivity (Wildman–Crippen MR) is 75.9 cm³/mol. The van der Waals surface area contributed by atoms with Gasteiger partial charge < -0.3 is 15.2 Å². The first-order valence-electron chi connectivity index (χ1n) is 5.39. The van der Waals surface area contributed by atoms with Crippen LogP contribution >= 0.6 is 12.2 Å². The monoisotopic (exact) mass is 304 g/mol. The van der Waals surface area contributed by atoms with Crippen LogP contribution in [0.4, 0.5) is 0 Å². The Kier molecular flexibility index (Phi) is 5.67. The van der Waals surface area contributed by atoms with E-state index in [1.807, 2.05) is 0 Å². The van der Waals surface area contributed by atoms with E-state index >= 15 is 0 Å². The van der Waals surface area contributed by atoms with Crippen LogP contribution in [0, 0.1) is 0 Å². The number of methoxy groups -OCH3 is 2. The SMILES string of the molecule is COCCNS(=O)(=O)c1ccc(OC)c(C(N)=S)c1. The zero-order valence-electron chi connectivity index (χ0n) is 10.7. The number of ether oxygens (including phenoxy) is 2. The summed E-state index contributed by atoms with van der Waals surface area (Å²) >= 11 is 4.87. The third-order valence-electron chi connectivity index (χ3n) is 2.34. The van der Waals surface area contributed by atoms with E-state index in [1.165, 1.54) is 32.4 Å². The first kappa shape index (κ1) is 15.8. The van der Waals surface area contributed by atoms with Crippen molar-refractivity contribution in [3.8, 4) is 5.75 Å². The van der Waals surface area contributed by atoms with Gasteiger partial charge in [-0.2, -0.15) is 0 Å². The Morgan fingerprint density at radius 3 is 2.63 bits per heavy atom. The molecular weight excluding hydrogens is 288 g/mol. The molecule has 1 aromatic rings. The highest BCUT2D eigenvalue weighted by Crippen LogP contribution is 2.22. The summed E-state index contributed by atoms with van der Waals surface area (Å²) in [4.78, 5) is 0.151. The van der Waals surface area contributed by atoms with E-state index in [0.29, 0.717) is 11.3 Å². The summed E-state index contributed by atoms with van der Waals surface area (Å²) in [5, 5.41) is 0. The van der Waals surface area contributed by atoms with Crippen molar-refractivity contribution in [2.75, 3.05) is 27.4 Å². The minimum absolute atomic E-state index is 0.0748. The lowest BCUT2D eigenvalue weighted by molar-refractivity contribution is 0.204. The van der Waals surface area contributed by atoms with Crippen LogP contribution in [0.3, 0.4) is 0 Å². The minimum atomic E-state index is -3.61. The van der Waals surface area contributed by atoms with Crippen molar-refractivity contribution < 1.29 is 17.9 Å². The highest BCUT2D eigenvalue weighted by atomic mass is 32.2. The van der Waals surface area contributed by atoms with Crippen LogP contribution in [0.5, 0.6) is 5.75 Å². The van der Waals surface area contributed by atoms with Crippen molar-refractivity contribution in [1.29, 1.82) is 0 Å². The standard InChI is InChI=1S/C11H16N2O4S2/c1-16-6-5-13-19(14,15)8-3-4-10(17-2)9(7-8)11(12)18/h3-4,7,13H,5-6H2,1-2H3,(H2,12,18). The normalized spacial score (nSPS) is 11.3. The Morgan fingerprint density at radius 1 is 1.42 bits per heavy atom. The Balaban J connectivity index is 3.07. The van der Waals surface area contributed by atoms with Crippen molar-refractivity contribution in [3.63, 3.8) is 0 Å². The summed E-state index contributed by atoms with van der Waals surface area (Å²) < 4.78 is 36.2. The maximum atomic E-state index is 12.0. The average Bonchev–Trinajstić information content (AvgIpc) is 2.38. The summed E-state index contributed by atoms with van der Waals surface area (Å²) in [6.45, 7) is 0.477. The topological polar surface area (TPSA) is 90.6 Å². The summed E-state index contributed by atoms with van der Waals surface area (Å²) in [5.74, 6) is 0.434. The Labute approximate surface area is 117 Å². The van der Waals surface area contributed by atoms with E-state index in [0.717, 1.165) is 0 Å². The van der Waals surface area contributed by atoms with Gasteiger partial charge in [0.2, 0.25) is 10.0 Å². The fourth-order valence-corrected chi connectivity index (χ4v) is 2.61. The minimum Gasteiger partial charge on any atom is -0.496 e. The lowest BCUT2D eigenvalue weighted by Gasteiger charge is -2.11. The number of hydrogen-bond donors (Lipinski definition) is 2. The molecule has 0 aliphatic heterocycles. The third kappa shape index (κ3) is 4.13. The van der Waals surface area contributed by atoms with Gasteiger partial charge in [0.25, 0.3) is 0 Å². The molecule has 0 heterocycles. The number of sulfonamides is 1. The molecule has 1 rings (SSSR count). The highest BCUT2D eigenvalue weighted by molar-refractivity contribution is 7.89. The molecule has 0 atom stereocenters. The Hall–Kier alpha value is -1.22. The molecule has 106 valence electrons. The predicted octanol–water partition coefficient (Wildman–Crippen LogP) is 0.254. The number of nitrogens with one attached hydrogen (secondary N) is 1. The lowest BCUT2D eigenvalue weighted by atomic mass is 10.2. The molecule has 0 unspecified atom stereocenters. The van der Waals surface area contributed by atoms with Crippen molar-refractivity contribution in [2.24, 2.45) is 5.73 Å². The smallest absolute Gasteiger partial charge is 0.240 e. The van der Waals surface area contributed by atoms with Crippen LogP contribution in [0.25, 0.3) is 0 Å². The fourth-order valence-electron chi connectivity index (χ4n) is 1.41. The van der Waals surface area contributed by atoms with Gasteiger partial charge in [0.1, 0.15) is 10.7 Å². The first-order chi connectivity index (χ1) is 8.92. The van der Waals surface area contributed by atoms with Gasteiger partial charge in [0.05, 0.1) is 24.2 Å². The van der Waals surface area contributed by atoms with Crippen LogP contribution < -0.4 is 15.2 Å². The van der Waals surface area contributed by atoms with Gasteiger partial charge in [-0.1, -0.05) is 12.2 Å². The lowest BCUT2D eigenvalue weighted by Crippen LogP contribution is -2.27. The Morgan fingerprint density at radius 2 is 2.11 bits per heavy atom. The van der Waals surface area contributed by atoms with Crippen LogP contribution in [0.1, 0.15) is 5.56 Å². The third-order valence-corrected chi connectivity index (χ3v) is 4.02. The summed E-state index contributed by atoms with van der Waals surface area (Å²) in [6, 6.07) is 4.32. The second-order valence-electron chi connectivity index (χ2n) is 3.62.